The molecule has 0 aliphatic rings. The number of alkyl halides is 3. The monoisotopic (exact) mass is 390 g/mol. The molecule has 2 heterocycles. The Kier molecular flexibility index (Phi) is 6.92. The fourth-order valence-electron chi connectivity index (χ4n) is 2.30. The van der Waals surface area contributed by atoms with Gasteiger partial charge in [0.05, 0.1) is 23.0 Å². The third-order valence-corrected chi connectivity index (χ3v) is 3.40. The highest BCUT2D eigenvalue weighted by molar-refractivity contribution is 5.81. The lowest BCUT2D eigenvalue weighted by Crippen LogP contribution is -2.08. The molecule has 148 valence electrons. The summed E-state index contributed by atoms with van der Waals surface area (Å²) in [6, 6.07) is 4.82. The first-order valence-corrected chi connectivity index (χ1v) is 8.68. The summed E-state index contributed by atoms with van der Waals surface area (Å²) >= 11 is 0. The van der Waals surface area contributed by atoms with Crippen LogP contribution in [0.25, 0.3) is 22.6 Å². The Morgan fingerprint density at radius 2 is 1.96 bits per heavy atom. The lowest BCUT2D eigenvalue weighted by molar-refractivity contribution is -0.137. The zero-order valence-electron chi connectivity index (χ0n) is 15.9. The Bertz CT molecular complexity index is 963. The van der Waals surface area contributed by atoms with Crippen LogP contribution in [0.15, 0.2) is 59.0 Å². The molecule has 0 spiro atoms. The van der Waals surface area contributed by atoms with Crippen LogP contribution in [0, 0.1) is 0 Å². The van der Waals surface area contributed by atoms with E-state index in [4.69, 9.17) is 4.42 Å². The number of rotatable bonds is 4. The van der Waals surface area contributed by atoms with E-state index in [9.17, 15) is 13.2 Å². The van der Waals surface area contributed by atoms with E-state index in [-0.39, 0.29) is 17.0 Å². The molecule has 0 saturated heterocycles. The molecule has 8 heteroatoms. The van der Waals surface area contributed by atoms with Crippen LogP contribution in [0.3, 0.4) is 0 Å². The van der Waals surface area contributed by atoms with Gasteiger partial charge in [-0.05, 0) is 31.2 Å². The van der Waals surface area contributed by atoms with Gasteiger partial charge in [-0.2, -0.15) is 18.3 Å². The second kappa shape index (κ2) is 9.16. The predicted molar refractivity (Wildman–Crippen MR) is 105 cm³/mol. The Hall–Kier alpha value is -3.16. The number of halogens is 3. The standard InChI is InChI=1S/C17H13F3N4O.C3H8/c1-3-22-24(4-2)14-10-21-8-7-12(14)16-23-13-9-11(17(18,19)20)5-6-15(13)25-16;1-3-2/h3-10H,2H2,1H3;3H2,1-2H3/b22-3-;. The molecule has 3 aromatic rings. The Balaban J connectivity index is 0.000000878. The Morgan fingerprint density at radius 1 is 1.25 bits per heavy atom. The molecule has 1 aromatic carbocycles. The van der Waals surface area contributed by atoms with Gasteiger partial charge in [0.2, 0.25) is 5.89 Å². The van der Waals surface area contributed by atoms with Gasteiger partial charge in [0, 0.05) is 18.6 Å². The van der Waals surface area contributed by atoms with Crippen LogP contribution in [0.4, 0.5) is 18.9 Å². The number of aromatic nitrogens is 2. The van der Waals surface area contributed by atoms with Gasteiger partial charge in [0.25, 0.3) is 0 Å². The Morgan fingerprint density at radius 3 is 2.57 bits per heavy atom. The maximum atomic E-state index is 12.8. The van der Waals surface area contributed by atoms with Gasteiger partial charge < -0.3 is 4.42 Å². The SMILES string of the molecule is C=CN(/N=C\C)c1cnccc1-c1nc2cc(C(F)(F)F)ccc2o1.CCC. The number of hydrogen-bond acceptors (Lipinski definition) is 5. The van der Waals surface area contributed by atoms with Gasteiger partial charge in [0.1, 0.15) is 5.52 Å². The van der Waals surface area contributed by atoms with E-state index in [2.05, 4.69) is 35.5 Å². The van der Waals surface area contributed by atoms with E-state index in [0.29, 0.717) is 11.3 Å². The van der Waals surface area contributed by atoms with E-state index >= 15 is 0 Å². The minimum Gasteiger partial charge on any atom is -0.436 e. The highest BCUT2D eigenvalue weighted by Crippen LogP contribution is 2.35. The molecular formula is C20H21F3N4O. The predicted octanol–water partition coefficient (Wildman–Crippen LogP) is 6.28. The number of benzene rings is 1. The number of oxazole rings is 1. The third-order valence-electron chi connectivity index (χ3n) is 3.40. The lowest BCUT2D eigenvalue weighted by atomic mass is 10.2. The molecule has 0 aliphatic heterocycles. The summed E-state index contributed by atoms with van der Waals surface area (Å²) in [7, 11) is 0. The second-order valence-electron chi connectivity index (χ2n) is 5.70. The smallest absolute Gasteiger partial charge is 0.416 e. The van der Waals surface area contributed by atoms with Crippen LogP contribution in [-0.2, 0) is 6.18 Å². The molecule has 28 heavy (non-hydrogen) atoms. The molecule has 0 unspecified atom stereocenters. The number of hydrazone groups is 1. The van der Waals surface area contributed by atoms with E-state index in [1.807, 2.05) is 0 Å². The number of fused-ring (bicyclic) bond motifs is 1. The van der Waals surface area contributed by atoms with Crippen LogP contribution < -0.4 is 5.01 Å². The molecular weight excluding hydrogens is 369 g/mol. The van der Waals surface area contributed by atoms with Gasteiger partial charge in [-0.3, -0.25) is 4.98 Å². The van der Waals surface area contributed by atoms with Crippen LogP contribution in [-0.4, -0.2) is 16.2 Å². The van der Waals surface area contributed by atoms with Crippen molar-refractivity contribution in [3.8, 4) is 11.5 Å². The number of pyridine rings is 1. The van der Waals surface area contributed by atoms with E-state index in [1.54, 1.807) is 25.4 Å². The summed E-state index contributed by atoms with van der Waals surface area (Å²) in [5.74, 6) is 0.171. The molecule has 0 atom stereocenters. The largest absolute Gasteiger partial charge is 0.436 e. The average molecular weight is 390 g/mol. The van der Waals surface area contributed by atoms with Crippen molar-refractivity contribution in [1.82, 2.24) is 9.97 Å². The average Bonchev–Trinajstić information content (AvgIpc) is 3.09. The molecule has 0 radical (unpaired) electrons. The molecule has 0 N–H and O–H groups in total. The molecule has 0 saturated carbocycles. The number of hydrogen-bond donors (Lipinski definition) is 0. The summed E-state index contributed by atoms with van der Waals surface area (Å²) < 4.78 is 44.2. The van der Waals surface area contributed by atoms with Crippen molar-refractivity contribution in [2.75, 3.05) is 5.01 Å². The van der Waals surface area contributed by atoms with Crippen molar-refractivity contribution in [1.29, 1.82) is 0 Å². The summed E-state index contributed by atoms with van der Waals surface area (Å²) in [6.07, 6.45) is 2.93. The first-order valence-electron chi connectivity index (χ1n) is 8.68. The lowest BCUT2D eigenvalue weighted by Gasteiger charge is -2.15. The van der Waals surface area contributed by atoms with Crippen molar-refractivity contribution >= 4 is 23.0 Å². The van der Waals surface area contributed by atoms with Gasteiger partial charge >= 0.3 is 6.18 Å². The van der Waals surface area contributed by atoms with Crippen LogP contribution in [0.2, 0.25) is 0 Å². The van der Waals surface area contributed by atoms with Crippen LogP contribution in [0.5, 0.6) is 0 Å². The van der Waals surface area contributed by atoms with Crippen LogP contribution in [0.1, 0.15) is 32.8 Å². The first-order chi connectivity index (χ1) is 13.3. The van der Waals surface area contributed by atoms with Crippen molar-refractivity contribution < 1.29 is 17.6 Å². The van der Waals surface area contributed by atoms with E-state index in [0.717, 1.165) is 12.1 Å². The van der Waals surface area contributed by atoms with Crippen molar-refractivity contribution in [3.05, 3.63) is 55.0 Å². The molecule has 3 rings (SSSR count). The Labute approximate surface area is 161 Å². The zero-order valence-corrected chi connectivity index (χ0v) is 15.9. The molecule has 0 bridgehead atoms. The minimum atomic E-state index is -4.44. The van der Waals surface area contributed by atoms with E-state index in [1.165, 1.54) is 29.9 Å². The second-order valence-corrected chi connectivity index (χ2v) is 5.70. The summed E-state index contributed by atoms with van der Waals surface area (Å²) in [6.45, 7) is 9.67. The quantitative estimate of drug-likeness (QED) is 0.389. The van der Waals surface area contributed by atoms with Crippen molar-refractivity contribution in [2.24, 2.45) is 5.10 Å². The number of anilines is 1. The fraction of sp³-hybridized carbons (Fsp3) is 0.250. The van der Waals surface area contributed by atoms with Gasteiger partial charge in [0.15, 0.2) is 5.58 Å². The summed E-state index contributed by atoms with van der Waals surface area (Å²) in [5, 5.41) is 5.60. The van der Waals surface area contributed by atoms with Crippen molar-refractivity contribution in [3.63, 3.8) is 0 Å². The maximum absolute atomic E-state index is 12.8. The minimum absolute atomic E-state index is 0.122. The van der Waals surface area contributed by atoms with Gasteiger partial charge in [-0.15, -0.1) is 0 Å². The van der Waals surface area contributed by atoms with E-state index < -0.39 is 11.7 Å². The molecule has 0 fully saturated rings. The topological polar surface area (TPSA) is 54.5 Å². The molecule has 2 aromatic heterocycles. The normalized spacial score (nSPS) is 11.4. The maximum Gasteiger partial charge on any atom is 0.416 e. The van der Waals surface area contributed by atoms with Gasteiger partial charge in [-0.25, -0.2) is 9.99 Å². The summed E-state index contributed by atoms with van der Waals surface area (Å²) in [4.78, 5) is 8.23. The van der Waals surface area contributed by atoms with Crippen LogP contribution >= 0.6 is 0 Å². The number of nitrogens with zero attached hydrogens (tertiary/aromatic N) is 4. The third kappa shape index (κ3) is 4.76. The first kappa shape index (κ1) is 21.1. The highest BCUT2D eigenvalue weighted by atomic mass is 19.4. The summed E-state index contributed by atoms with van der Waals surface area (Å²) in [5.41, 5.74) is 0.674. The van der Waals surface area contributed by atoms with Gasteiger partial charge in [-0.1, -0.05) is 26.8 Å². The fourth-order valence-corrected chi connectivity index (χ4v) is 2.30. The zero-order chi connectivity index (χ0) is 20.7. The molecule has 0 amide bonds. The highest BCUT2D eigenvalue weighted by Gasteiger charge is 2.31. The van der Waals surface area contributed by atoms with Crippen molar-refractivity contribution in [2.45, 2.75) is 33.4 Å². The molecule has 0 aliphatic carbocycles. The molecule has 5 nitrogen and oxygen atoms in total.